The van der Waals surface area contributed by atoms with E-state index in [9.17, 15) is 0 Å². The van der Waals surface area contributed by atoms with E-state index in [-0.39, 0.29) is 0 Å². The maximum absolute atomic E-state index is 4.34. The molecule has 0 atom stereocenters. The highest BCUT2D eigenvalue weighted by Crippen LogP contribution is 2.32. The van der Waals surface area contributed by atoms with Crippen LogP contribution in [0.5, 0.6) is 0 Å². The fourth-order valence-electron chi connectivity index (χ4n) is 1.46. The third-order valence-corrected chi connectivity index (χ3v) is 3.12. The molecule has 1 N–H and O–H groups in total. The molecular formula is C11H15BrN2. The van der Waals surface area contributed by atoms with Gasteiger partial charge in [-0.15, -0.1) is 0 Å². The highest BCUT2D eigenvalue weighted by atomic mass is 79.9. The van der Waals surface area contributed by atoms with Crippen LogP contribution in [0.25, 0.3) is 0 Å². The lowest BCUT2D eigenvalue weighted by molar-refractivity contribution is 0.758. The maximum atomic E-state index is 4.34. The van der Waals surface area contributed by atoms with Gasteiger partial charge in [-0.05, 0) is 46.8 Å². The van der Waals surface area contributed by atoms with Crippen LogP contribution in [-0.2, 0) is 0 Å². The average molecular weight is 255 g/mol. The molecule has 76 valence electrons. The Balaban J connectivity index is 1.87. The fraction of sp³-hybridized carbons (Fsp3) is 0.545. The van der Waals surface area contributed by atoms with Crippen LogP contribution in [-0.4, -0.2) is 11.5 Å². The molecular weight excluding hydrogens is 240 g/mol. The summed E-state index contributed by atoms with van der Waals surface area (Å²) in [6, 6.07) is 2.09. The molecule has 1 aromatic rings. The lowest BCUT2D eigenvalue weighted by Crippen LogP contribution is -2.04. The van der Waals surface area contributed by atoms with Crippen LogP contribution in [0.4, 0.5) is 5.82 Å². The summed E-state index contributed by atoms with van der Waals surface area (Å²) in [6.07, 6.45) is 6.01. The SMILES string of the molecule is Cc1cnc(NCCC2CC2)c(Br)c1. The molecule has 0 spiro atoms. The summed E-state index contributed by atoms with van der Waals surface area (Å²) < 4.78 is 1.06. The summed E-state index contributed by atoms with van der Waals surface area (Å²) in [4.78, 5) is 4.34. The average Bonchev–Trinajstić information content (AvgIpc) is 2.92. The number of nitrogens with zero attached hydrogens (tertiary/aromatic N) is 1. The number of hydrogen-bond acceptors (Lipinski definition) is 2. The van der Waals surface area contributed by atoms with Gasteiger partial charge in [0.1, 0.15) is 5.82 Å². The number of rotatable bonds is 4. The van der Waals surface area contributed by atoms with Gasteiger partial charge in [-0.3, -0.25) is 0 Å². The normalized spacial score (nSPS) is 15.6. The quantitative estimate of drug-likeness (QED) is 0.892. The molecule has 0 amide bonds. The second-order valence-electron chi connectivity index (χ2n) is 4.00. The van der Waals surface area contributed by atoms with Crippen LogP contribution in [0.1, 0.15) is 24.8 Å². The van der Waals surface area contributed by atoms with Crippen LogP contribution < -0.4 is 5.32 Å². The lowest BCUT2D eigenvalue weighted by Gasteiger charge is -2.07. The van der Waals surface area contributed by atoms with Gasteiger partial charge in [0.15, 0.2) is 0 Å². The Labute approximate surface area is 93.3 Å². The van der Waals surface area contributed by atoms with Crippen LogP contribution >= 0.6 is 15.9 Å². The number of hydrogen-bond donors (Lipinski definition) is 1. The van der Waals surface area contributed by atoms with Crippen molar-refractivity contribution >= 4 is 21.7 Å². The number of nitrogens with one attached hydrogen (secondary N) is 1. The van der Waals surface area contributed by atoms with Crippen LogP contribution in [0, 0.1) is 12.8 Å². The zero-order chi connectivity index (χ0) is 9.97. The second kappa shape index (κ2) is 4.30. The minimum absolute atomic E-state index is 0.969. The number of anilines is 1. The third-order valence-electron chi connectivity index (χ3n) is 2.52. The molecule has 0 radical (unpaired) electrons. The molecule has 1 heterocycles. The molecule has 0 unspecified atom stereocenters. The Morgan fingerprint density at radius 3 is 3.00 bits per heavy atom. The van der Waals surface area contributed by atoms with Gasteiger partial charge < -0.3 is 5.32 Å². The molecule has 1 aliphatic carbocycles. The summed E-state index contributed by atoms with van der Waals surface area (Å²) in [5.74, 6) is 1.95. The number of pyridine rings is 1. The van der Waals surface area contributed by atoms with E-state index in [1.54, 1.807) is 0 Å². The first-order chi connectivity index (χ1) is 6.75. The Kier molecular flexibility index (Phi) is 3.06. The van der Waals surface area contributed by atoms with E-state index in [2.05, 4.69) is 32.3 Å². The molecule has 0 bridgehead atoms. The summed E-state index contributed by atoms with van der Waals surface area (Å²) in [6.45, 7) is 3.09. The Morgan fingerprint density at radius 1 is 1.57 bits per heavy atom. The van der Waals surface area contributed by atoms with Crippen molar-refractivity contribution in [3.05, 3.63) is 22.3 Å². The predicted molar refractivity (Wildman–Crippen MR) is 62.5 cm³/mol. The van der Waals surface area contributed by atoms with Crippen molar-refractivity contribution in [3.8, 4) is 0 Å². The van der Waals surface area contributed by atoms with Gasteiger partial charge in [-0.25, -0.2) is 4.98 Å². The Hall–Kier alpha value is -0.570. The van der Waals surface area contributed by atoms with Crippen LogP contribution in [0.2, 0.25) is 0 Å². The highest BCUT2D eigenvalue weighted by molar-refractivity contribution is 9.10. The molecule has 0 aliphatic heterocycles. The largest absolute Gasteiger partial charge is 0.369 e. The molecule has 0 aromatic carbocycles. The monoisotopic (exact) mass is 254 g/mol. The molecule has 0 saturated heterocycles. The first kappa shape index (κ1) is 9.97. The summed E-state index contributed by atoms with van der Waals surface area (Å²) in [7, 11) is 0. The van der Waals surface area contributed by atoms with Crippen molar-refractivity contribution in [1.82, 2.24) is 4.98 Å². The van der Waals surface area contributed by atoms with E-state index in [1.165, 1.54) is 24.8 Å². The number of aromatic nitrogens is 1. The molecule has 1 saturated carbocycles. The van der Waals surface area contributed by atoms with Gasteiger partial charge in [0, 0.05) is 12.7 Å². The Bertz CT molecular complexity index is 321. The van der Waals surface area contributed by atoms with Gasteiger partial charge >= 0.3 is 0 Å². The third kappa shape index (κ3) is 2.71. The summed E-state index contributed by atoms with van der Waals surface area (Å²) in [5.41, 5.74) is 1.18. The van der Waals surface area contributed by atoms with Crippen molar-refractivity contribution in [2.75, 3.05) is 11.9 Å². The Morgan fingerprint density at radius 2 is 2.36 bits per heavy atom. The maximum Gasteiger partial charge on any atom is 0.140 e. The van der Waals surface area contributed by atoms with Gasteiger partial charge in [0.05, 0.1) is 4.47 Å². The van der Waals surface area contributed by atoms with Crippen molar-refractivity contribution in [3.63, 3.8) is 0 Å². The molecule has 1 aromatic heterocycles. The molecule has 2 rings (SSSR count). The van der Waals surface area contributed by atoms with E-state index in [1.807, 2.05) is 13.1 Å². The van der Waals surface area contributed by atoms with Crippen molar-refractivity contribution in [2.24, 2.45) is 5.92 Å². The predicted octanol–water partition coefficient (Wildman–Crippen LogP) is 3.36. The molecule has 2 nitrogen and oxygen atoms in total. The number of halogens is 1. The zero-order valence-corrected chi connectivity index (χ0v) is 9.97. The molecule has 1 fully saturated rings. The van der Waals surface area contributed by atoms with E-state index in [0.29, 0.717) is 0 Å². The van der Waals surface area contributed by atoms with Crippen molar-refractivity contribution in [2.45, 2.75) is 26.2 Å². The highest BCUT2D eigenvalue weighted by Gasteiger charge is 2.20. The minimum Gasteiger partial charge on any atom is -0.369 e. The van der Waals surface area contributed by atoms with Gasteiger partial charge in [0.2, 0.25) is 0 Å². The lowest BCUT2D eigenvalue weighted by atomic mass is 10.3. The standard InChI is InChI=1S/C11H15BrN2/c1-8-6-10(12)11(14-7-8)13-5-4-9-2-3-9/h6-7,9H,2-5H2,1H3,(H,13,14). The van der Waals surface area contributed by atoms with Gasteiger partial charge in [0.25, 0.3) is 0 Å². The molecule has 3 heteroatoms. The van der Waals surface area contributed by atoms with E-state index in [4.69, 9.17) is 0 Å². The van der Waals surface area contributed by atoms with E-state index < -0.39 is 0 Å². The first-order valence-electron chi connectivity index (χ1n) is 5.12. The smallest absolute Gasteiger partial charge is 0.140 e. The zero-order valence-electron chi connectivity index (χ0n) is 8.39. The first-order valence-corrected chi connectivity index (χ1v) is 5.91. The molecule has 14 heavy (non-hydrogen) atoms. The summed E-state index contributed by atoms with van der Waals surface area (Å²) >= 11 is 3.50. The molecule has 1 aliphatic rings. The van der Waals surface area contributed by atoms with Crippen LogP contribution in [0.15, 0.2) is 16.7 Å². The van der Waals surface area contributed by atoms with Gasteiger partial charge in [-0.2, -0.15) is 0 Å². The van der Waals surface area contributed by atoms with Crippen LogP contribution in [0.3, 0.4) is 0 Å². The number of aryl methyl sites for hydroxylation is 1. The van der Waals surface area contributed by atoms with Crippen molar-refractivity contribution < 1.29 is 0 Å². The van der Waals surface area contributed by atoms with E-state index >= 15 is 0 Å². The van der Waals surface area contributed by atoms with Gasteiger partial charge in [-0.1, -0.05) is 12.8 Å². The fourth-order valence-corrected chi connectivity index (χ4v) is 2.07. The topological polar surface area (TPSA) is 24.9 Å². The second-order valence-corrected chi connectivity index (χ2v) is 4.86. The van der Waals surface area contributed by atoms with Crippen molar-refractivity contribution in [1.29, 1.82) is 0 Å². The van der Waals surface area contributed by atoms with E-state index in [0.717, 1.165) is 22.8 Å². The summed E-state index contributed by atoms with van der Waals surface area (Å²) in [5, 5.41) is 3.35. The minimum atomic E-state index is 0.969.